The number of benzene rings is 3. The minimum Gasteiger partial charge on any atom is -0.497 e. The topological polar surface area (TPSA) is 52.8 Å². The molecule has 0 spiro atoms. The molecule has 5 rings (SSSR count). The number of hydrogen-bond donors (Lipinski definition) is 0. The summed E-state index contributed by atoms with van der Waals surface area (Å²) in [4.78, 5) is 14.0. The fourth-order valence-electron chi connectivity index (χ4n) is 3.49. The zero-order valence-corrected chi connectivity index (χ0v) is 16.9. The van der Waals surface area contributed by atoms with Gasteiger partial charge in [-0.15, -0.1) is 0 Å². The van der Waals surface area contributed by atoms with E-state index in [9.17, 15) is 0 Å². The third kappa shape index (κ3) is 3.11. The third-order valence-corrected chi connectivity index (χ3v) is 5.46. The first kappa shape index (κ1) is 17.7. The Morgan fingerprint density at radius 3 is 2.59 bits per heavy atom. The van der Waals surface area contributed by atoms with Gasteiger partial charge in [-0.25, -0.2) is 15.0 Å². The maximum Gasteiger partial charge on any atom is 0.189 e. The van der Waals surface area contributed by atoms with Crippen molar-refractivity contribution < 1.29 is 4.74 Å². The molecule has 0 atom stereocenters. The molecule has 29 heavy (non-hydrogen) atoms. The molecule has 0 amide bonds. The average Bonchev–Trinajstić information content (AvgIpc) is 3.17. The van der Waals surface area contributed by atoms with E-state index in [2.05, 4.69) is 45.9 Å². The minimum absolute atomic E-state index is 0.719. The number of aromatic nitrogens is 4. The lowest BCUT2D eigenvalue weighted by molar-refractivity contribution is 0.415. The number of nitrogens with zero attached hydrogens (tertiary/aromatic N) is 4. The molecule has 0 radical (unpaired) electrons. The summed E-state index contributed by atoms with van der Waals surface area (Å²) in [6, 6.07) is 22.5. The van der Waals surface area contributed by atoms with E-state index in [-0.39, 0.29) is 0 Å². The molecule has 0 unspecified atom stereocenters. The van der Waals surface area contributed by atoms with Crippen LogP contribution in [0, 0.1) is 0 Å². The second-order valence-electron chi connectivity index (χ2n) is 6.59. The highest BCUT2D eigenvalue weighted by atomic mass is 32.2. The second-order valence-corrected chi connectivity index (χ2v) is 7.36. The number of rotatable bonds is 4. The van der Waals surface area contributed by atoms with Crippen LogP contribution in [0.1, 0.15) is 0 Å². The fourth-order valence-corrected chi connectivity index (χ4v) is 3.84. The van der Waals surface area contributed by atoms with Crippen LogP contribution in [-0.4, -0.2) is 32.9 Å². The average molecular weight is 398 g/mol. The maximum atomic E-state index is 5.45. The van der Waals surface area contributed by atoms with Gasteiger partial charge in [0.05, 0.1) is 18.1 Å². The number of thioether (sulfide) groups is 1. The van der Waals surface area contributed by atoms with Gasteiger partial charge in [0.2, 0.25) is 0 Å². The van der Waals surface area contributed by atoms with Crippen LogP contribution in [0.15, 0.2) is 78.1 Å². The number of ether oxygens (including phenoxy) is 1. The van der Waals surface area contributed by atoms with E-state index in [4.69, 9.17) is 14.7 Å². The molecule has 5 aromatic rings. The molecule has 2 heterocycles. The summed E-state index contributed by atoms with van der Waals surface area (Å²) in [7, 11) is 1.67. The highest BCUT2D eigenvalue weighted by Gasteiger charge is 2.17. The van der Waals surface area contributed by atoms with E-state index < -0.39 is 0 Å². The van der Waals surface area contributed by atoms with Crippen molar-refractivity contribution in [1.29, 1.82) is 0 Å². The van der Waals surface area contributed by atoms with E-state index in [0.29, 0.717) is 0 Å². The predicted octanol–water partition coefficient (Wildman–Crippen LogP) is 5.37. The molecule has 0 saturated carbocycles. The van der Waals surface area contributed by atoms with Crippen LogP contribution < -0.4 is 4.74 Å². The number of methoxy groups -OCH3 is 1. The van der Waals surface area contributed by atoms with E-state index in [1.807, 2.05) is 36.6 Å². The SMILES string of the molecule is COc1ccc2nc(-c3ccc4ccccc4c3)n(-c3ccnc(SC)n3)c2c1. The zero-order chi connectivity index (χ0) is 19.8. The molecule has 142 valence electrons. The fraction of sp³-hybridized carbons (Fsp3) is 0.0870. The van der Waals surface area contributed by atoms with E-state index in [1.54, 1.807) is 13.3 Å². The van der Waals surface area contributed by atoms with Crippen molar-refractivity contribution in [3.05, 3.63) is 72.9 Å². The zero-order valence-electron chi connectivity index (χ0n) is 16.0. The Morgan fingerprint density at radius 2 is 1.76 bits per heavy atom. The molecular formula is C23H18N4OS. The molecule has 3 aromatic carbocycles. The summed E-state index contributed by atoms with van der Waals surface area (Å²) in [6.45, 7) is 0. The maximum absolute atomic E-state index is 5.45. The standard InChI is InChI=1S/C23H18N4OS/c1-28-18-9-10-19-20(14-18)27(21-11-12-24-23(26-21)29-2)22(25-19)17-8-7-15-5-3-4-6-16(15)13-17/h3-14H,1-2H3. The minimum atomic E-state index is 0.719. The quantitative estimate of drug-likeness (QED) is 0.301. The van der Waals surface area contributed by atoms with Crippen LogP contribution >= 0.6 is 11.8 Å². The van der Waals surface area contributed by atoms with Crippen LogP contribution in [-0.2, 0) is 0 Å². The molecule has 0 fully saturated rings. The van der Waals surface area contributed by atoms with Gasteiger partial charge < -0.3 is 4.74 Å². The molecule has 5 nitrogen and oxygen atoms in total. The van der Waals surface area contributed by atoms with Gasteiger partial charge in [0.15, 0.2) is 5.16 Å². The van der Waals surface area contributed by atoms with Crippen molar-refractivity contribution in [2.24, 2.45) is 0 Å². The number of fused-ring (bicyclic) bond motifs is 2. The summed E-state index contributed by atoms with van der Waals surface area (Å²) in [5.74, 6) is 2.40. The molecule has 6 heteroatoms. The summed E-state index contributed by atoms with van der Waals surface area (Å²) in [5.41, 5.74) is 2.86. The normalized spacial score (nSPS) is 11.2. The molecule has 0 saturated heterocycles. The van der Waals surface area contributed by atoms with Crippen molar-refractivity contribution in [2.75, 3.05) is 13.4 Å². The molecule has 0 aliphatic carbocycles. The van der Waals surface area contributed by atoms with Crippen LogP contribution in [0.3, 0.4) is 0 Å². The Balaban J connectivity index is 1.81. The van der Waals surface area contributed by atoms with Crippen LogP contribution in [0.2, 0.25) is 0 Å². The monoisotopic (exact) mass is 398 g/mol. The van der Waals surface area contributed by atoms with Gasteiger partial charge >= 0.3 is 0 Å². The summed E-state index contributed by atoms with van der Waals surface area (Å²) < 4.78 is 7.53. The highest BCUT2D eigenvalue weighted by Crippen LogP contribution is 2.32. The Morgan fingerprint density at radius 1 is 0.897 bits per heavy atom. The summed E-state index contributed by atoms with van der Waals surface area (Å²) in [6.07, 6.45) is 3.75. The second kappa shape index (κ2) is 7.22. The van der Waals surface area contributed by atoms with Gasteiger partial charge in [0, 0.05) is 17.8 Å². The smallest absolute Gasteiger partial charge is 0.189 e. The van der Waals surface area contributed by atoms with Crippen molar-refractivity contribution in [2.45, 2.75) is 5.16 Å². The summed E-state index contributed by atoms with van der Waals surface area (Å²) in [5, 5.41) is 3.10. The van der Waals surface area contributed by atoms with Gasteiger partial charge in [-0.3, -0.25) is 4.57 Å². The Bertz CT molecular complexity index is 1350. The first-order valence-corrected chi connectivity index (χ1v) is 10.4. The molecule has 0 bridgehead atoms. The third-order valence-electron chi connectivity index (χ3n) is 4.90. The van der Waals surface area contributed by atoms with Gasteiger partial charge in [0.1, 0.15) is 17.4 Å². The van der Waals surface area contributed by atoms with Gasteiger partial charge in [-0.1, -0.05) is 48.2 Å². The largest absolute Gasteiger partial charge is 0.497 e. The number of imidazole rings is 1. The first-order valence-electron chi connectivity index (χ1n) is 9.20. The lowest BCUT2D eigenvalue weighted by Crippen LogP contribution is -2.02. The van der Waals surface area contributed by atoms with Crippen molar-refractivity contribution in [1.82, 2.24) is 19.5 Å². The Kier molecular flexibility index (Phi) is 4.41. The van der Waals surface area contributed by atoms with Crippen molar-refractivity contribution in [3.63, 3.8) is 0 Å². The molecule has 0 aliphatic heterocycles. The van der Waals surface area contributed by atoms with Gasteiger partial charge in [-0.2, -0.15) is 0 Å². The predicted molar refractivity (Wildman–Crippen MR) is 118 cm³/mol. The van der Waals surface area contributed by atoms with E-state index in [0.717, 1.165) is 39.1 Å². The molecular weight excluding hydrogens is 380 g/mol. The van der Waals surface area contributed by atoms with Gasteiger partial charge in [0.25, 0.3) is 0 Å². The van der Waals surface area contributed by atoms with E-state index in [1.165, 1.54) is 22.5 Å². The van der Waals surface area contributed by atoms with Crippen LogP contribution in [0.4, 0.5) is 0 Å². The lowest BCUT2D eigenvalue weighted by atomic mass is 10.1. The highest BCUT2D eigenvalue weighted by molar-refractivity contribution is 7.98. The molecule has 0 N–H and O–H groups in total. The Hall–Kier alpha value is -3.38. The van der Waals surface area contributed by atoms with E-state index >= 15 is 0 Å². The van der Waals surface area contributed by atoms with Crippen molar-refractivity contribution >= 4 is 33.6 Å². The Labute approximate surface area is 172 Å². The molecule has 0 aliphatic rings. The summed E-state index contributed by atoms with van der Waals surface area (Å²) >= 11 is 1.52. The van der Waals surface area contributed by atoms with Crippen LogP contribution in [0.5, 0.6) is 5.75 Å². The van der Waals surface area contributed by atoms with Crippen LogP contribution in [0.25, 0.3) is 39.0 Å². The number of hydrogen-bond acceptors (Lipinski definition) is 5. The van der Waals surface area contributed by atoms with Crippen molar-refractivity contribution in [3.8, 4) is 23.0 Å². The molecule has 2 aromatic heterocycles. The van der Waals surface area contributed by atoms with Gasteiger partial charge in [-0.05, 0) is 41.3 Å². The first-order chi connectivity index (χ1) is 14.3. The lowest BCUT2D eigenvalue weighted by Gasteiger charge is -2.10.